The van der Waals surface area contributed by atoms with E-state index in [0.717, 1.165) is 35.0 Å². The second-order valence-electron chi connectivity index (χ2n) is 4.44. The van der Waals surface area contributed by atoms with Gasteiger partial charge in [-0.3, -0.25) is 0 Å². The summed E-state index contributed by atoms with van der Waals surface area (Å²) in [5.74, 6) is 1.00. The lowest BCUT2D eigenvalue weighted by molar-refractivity contribution is -0.856. The van der Waals surface area contributed by atoms with Gasteiger partial charge in [-0.1, -0.05) is 15.9 Å². The first-order chi connectivity index (χ1) is 9.08. The van der Waals surface area contributed by atoms with E-state index in [4.69, 9.17) is 12.2 Å². The highest BCUT2D eigenvalue weighted by atomic mass is 79.9. The van der Waals surface area contributed by atoms with Gasteiger partial charge in [0.2, 0.25) is 0 Å². The lowest BCUT2D eigenvalue weighted by atomic mass is 10.4. The lowest BCUT2D eigenvalue weighted by Gasteiger charge is -2.11. The third-order valence-electron chi connectivity index (χ3n) is 2.38. The number of likely N-dealkylation sites (N-methyl/N-ethyl adjacent to an activating group) is 1. The Bertz CT molecular complexity index is 382. The van der Waals surface area contributed by atoms with Gasteiger partial charge in [-0.2, -0.15) is 0 Å². The smallest absolute Gasteiger partial charge is 0.166 e. The highest BCUT2D eigenvalue weighted by molar-refractivity contribution is 9.10. The molecule has 1 aromatic carbocycles. The fourth-order valence-electron chi connectivity index (χ4n) is 1.35. The normalized spacial score (nSPS) is 10.5. The molecule has 106 valence electrons. The molecule has 0 spiro atoms. The highest BCUT2D eigenvalue weighted by Crippen LogP contribution is 2.19. The van der Waals surface area contributed by atoms with Gasteiger partial charge in [0.15, 0.2) is 5.11 Å². The van der Waals surface area contributed by atoms with Crippen molar-refractivity contribution in [1.82, 2.24) is 10.6 Å². The fourth-order valence-corrected chi connectivity index (χ4v) is 2.59. The Morgan fingerprint density at radius 3 is 2.47 bits per heavy atom. The molecule has 0 fully saturated rings. The van der Waals surface area contributed by atoms with Crippen LogP contribution < -0.4 is 15.5 Å². The Labute approximate surface area is 133 Å². The first-order valence-electron chi connectivity index (χ1n) is 6.27. The molecule has 0 bridgehead atoms. The van der Waals surface area contributed by atoms with Crippen molar-refractivity contribution in [3.63, 3.8) is 0 Å². The summed E-state index contributed by atoms with van der Waals surface area (Å²) in [5.41, 5.74) is 0. The minimum atomic E-state index is 0.748. The number of thiocarbonyl (C=S) groups is 1. The van der Waals surface area contributed by atoms with Crippen molar-refractivity contribution in [1.29, 1.82) is 0 Å². The number of thioether (sulfide) groups is 1. The predicted octanol–water partition coefficient (Wildman–Crippen LogP) is 1.15. The van der Waals surface area contributed by atoms with Crippen LogP contribution in [0.15, 0.2) is 33.6 Å². The van der Waals surface area contributed by atoms with Crippen LogP contribution in [-0.4, -0.2) is 44.6 Å². The number of benzene rings is 1. The van der Waals surface area contributed by atoms with E-state index in [1.54, 1.807) is 0 Å². The van der Waals surface area contributed by atoms with Crippen molar-refractivity contribution in [3.8, 4) is 0 Å². The molecule has 3 nitrogen and oxygen atoms in total. The number of hydrogen-bond acceptors (Lipinski definition) is 2. The van der Waals surface area contributed by atoms with Gasteiger partial charge in [0, 0.05) is 21.7 Å². The topological polar surface area (TPSA) is 28.5 Å². The molecule has 0 radical (unpaired) electrons. The van der Waals surface area contributed by atoms with E-state index in [0.29, 0.717) is 0 Å². The van der Waals surface area contributed by atoms with E-state index in [1.807, 2.05) is 11.8 Å². The minimum Gasteiger partial charge on any atom is -0.362 e. The van der Waals surface area contributed by atoms with Gasteiger partial charge in [-0.25, -0.2) is 0 Å². The average Bonchev–Trinajstić information content (AvgIpc) is 2.36. The second-order valence-corrected chi connectivity index (χ2v) is 6.93. The van der Waals surface area contributed by atoms with Crippen LogP contribution in [0, 0.1) is 0 Å². The third kappa shape index (κ3) is 8.47. The fraction of sp³-hybridized carbons (Fsp3) is 0.462. The quantitative estimate of drug-likeness (QED) is 0.385. The maximum atomic E-state index is 5.21. The number of quaternary nitrogens is 1. The number of hydrogen-bond donors (Lipinski definition) is 3. The molecule has 0 atom stereocenters. The zero-order valence-electron chi connectivity index (χ0n) is 11.3. The molecule has 1 aromatic rings. The summed E-state index contributed by atoms with van der Waals surface area (Å²) in [6.07, 6.45) is 0. The van der Waals surface area contributed by atoms with E-state index in [2.05, 4.69) is 64.9 Å². The molecule has 0 saturated heterocycles. The molecule has 19 heavy (non-hydrogen) atoms. The standard InChI is InChI=1S/C13H20BrN3S2/c1-17(2)9-7-15-13(18)16-8-10-19-12-5-3-11(14)4-6-12/h3-6H,7-10H2,1-2H3,(H2,15,16,18)/p+1. The van der Waals surface area contributed by atoms with Gasteiger partial charge >= 0.3 is 0 Å². The first-order valence-corrected chi connectivity index (χ1v) is 8.45. The Hall–Kier alpha value is -0.300. The molecule has 0 aliphatic carbocycles. The van der Waals surface area contributed by atoms with Crippen molar-refractivity contribution in [2.24, 2.45) is 0 Å². The molecular weight excluding hydrogens is 342 g/mol. The summed E-state index contributed by atoms with van der Waals surface area (Å²) in [5, 5.41) is 7.17. The van der Waals surface area contributed by atoms with Crippen molar-refractivity contribution >= 4 is 45.0 Å². The Morgan fingerprint density at radius 1 is 1.21 bits per heavy atom. The Balaban J connectivity index is 2.07. The Morgan fingerprint density at radius 2 is 1.84 bits per heavy atom. The SMILES string of the molecule is C[NH+](C)CCNC(=S)NCCSc1ccc(Br)cc1. The zero-order chi connectivity index (χ0) is 14.1. The first kappa shape index (κ1) is 16.8. The third-order valence-corrected chi connectivity index (χ3v) is 4.21. The van der Waals surface area contributed by atoms with Gasteiger partial charge in [0.05, 0.1) is 27.2 Å². The monoisotopic (exact) mass is 362 g/mol. The summed E-state index contributed by atoms with van der Waals surface area (Å²) in [4.78, 5) is 2.70. The largest absolute Gasteiger partial charge is 0.362 e. The molecular formula is C13H21BrN3S2+. The molecule has 0 heterocycles. The van der Waals surface area contributed by atoms with E-state index in [9.17, 15) is 0 Å². The molecule has 6 heteroatoms. The summed E-state index contributed by atoms with van der Waals surface area (Å²) in [7, 11) is 4.26. The van der Waals surface area contributed by atoms with Crippen LogP contribution in [0.3, 0.4) is 0 Å². The van der Waals surface area contributed by atoms with E-state index >= 15 is 0 Å². The molecule has 0 aliphatic rings. The van der Waals surface area contributed by atoms with E-state index in [-0.39, 0.29) is 0 Å². The Kier molecular flexibility index (Phi) is 8.45. The lowest BCUT2D eigenvalue weighted by Crippen LogP contribution is -3.06. The molecule has 0 unspecified atom stereocenters. The molecule has 0 saturated carbocycles. The van der Waals surface area contributed by atoms with Crippen LogP contribution in [0.1, 0.15) is 0 Å². The van der Waals surface area contributed by atoms with Crippen LogP contribution in [0.4, 0.5) is 0 Å². The number of halogens is 1. The van der Waals surface area contributed by atoms with Gasteiger partial charge < -0.3 is 15.5 Å². The van der Waals surface area contributed by atoms with Crippen LogP contribution in [0.5, 0.6) is 0 Å². The van der Waals surface area contributed by atoms with Gasteiger partial charge in [-0.15, -0.1) is 11.8 Å². The molecule has 0 amide bonds. The van der Waals surface area contributed by atoms with Crippen molar-refractivity contribution in [2.45, 2.75) is 4.90 Å². The maximum absolute atomic E-state index is 5.21. The maximum Gasteiger partial charge on any atom is 0.166 e. The van der Waals surface area contributed by atoms with Crippen molar-refractivity contribution in [2.75, 3.05) is 39.5 Å². The van der Waals surface area contributed by atoms with Gasteiger partial charge in [0.25, 0.3) is 0 Å². The minimum absolute atomic E-state index is 0.748. The number of rotatable bonds is 7. The van der Waals surface area contributed by atoms with Crippen LogP contribution >= 0.6 is 39.9 Å². The predicted molar refractivity (Wildman–Crippen MR) is 91.1 cm³/mol. The zero-order valence-corrected chi connectivity index (χ0v) is 14.6. The van der Waals surface area contributed by atoms with Crippen molar-refractivity contribution in [3.05, 3.63) is 28.7 Å². The van der Waals surface area contributed by atoms with E-state index in [1.165, 1.54) is 9.80 Å². The molecule has 0 aromatic heterocycles. The molecule has 0 aliphatic heterocycles. The van der Waals surface area contributed by atoms with Gasteiger partial charge in [0.1, 0.15) is 0 Å². The highest BCUT2D eigenvalue weighted by Gasteiger charge is 1.98. The number of nitrogens with one attached hydrogen (secondary N) is 3. The molecule has 1 rings (SSSR count). The van der Waals surface area contributed by atoms with Crippen LogP contribution in [-0.2, 0) is 0 Å². The van der Waals surface area contributed by atoms with Crippen LogP contribution in [0.2, 0.25) is 0 Å². The van der Waals surface area contributed by atoms with Crippen molar-refractivity contribution < 1.29 is 4.90 Å². The summed E-state index contributed by atoms with van der Waals surface area (Å²) in [6, 6.07) is 8.35. The second kappa shape index (κ2) is 9.58. The van der Waals surface area contributed by atoms with Crippen LogP contribution in [0.25, 0.3) is 0 Å². The summed E-state index contributed by atoms with van der Waals surface area (Å²) >= 11 is 10.5. The summed E-state index contributed by atoms with van der Waals surface area (Å²) < 4.78 is 1.11. The van der Waals surface area contributed by atoms with Gasteiger partial charge in [-0.05, 0) is 36.5 Å². The van der Waals surface area contributed by atoms with E-state index < -0.39 is 0 Å². The summed E-state index contributed by atoms with van der Waals surface area (Å²) in [6.45, 7) is 2.85. The average molecular weight is 363 g/mol. The molecule has 3 N–H and O–H groups in total.